The van der Waals surface area contributed by atoms with E-state index < -0.39 is 4.16 Å². The Bertz CT molecular complexity index is 475. The molecule has 6 heteroatoms. The van der Waals surface area contributed by atoms with E-state index in [1.165, 1.54) is 0 Å². The lowest BCUT2D eigenvalue weighted by Gasteiger charge is -2.30. The van der Waals surface area contributed by atoms with Gasteiger partial charge in [0.25, 0.3) is 0 Å². The summed E-state index contributed by atoms with van der Waals surface area (Å²) in [4.78, 5) is 0. The summed E-state index contributed by atoms with van der Waals surface area (Å²) < 4.78 is -0.502. The number of nitrogens with one attached hydrogen (secondary N) is 1. The van der Waals surface area contributed by atoms with Crippen molar-refractivity contribution in [2.24, 2.45) is 0 Å². The van der Waals surface area contributed by atoms with E-state index in [0.29, 0.717) is 18.0 Å². The lowest BCUT2D eigenvalue weighted by molar-refractivity contribution is -0.132. The molecule has 0 radical (unpaired) electrons. The van der Waals surface area contributed by atoms with Crippen LogP contribution in [0.3, 0.4) is 0 Å². The summed E-state index contributed by atoms with van der Waals surface area (Å²) in [6, 6.07) is 7.56. The van der Waals surface area contributed by atoms with Gasteiger partial charge in [-0.2, -0.15) is 5.21 Å². The highest BCUT2D eigenvalue weighted by Gasteiger charge is 2.36. The van der Waals surface area contributed by atoms with Crippen molar-refractivity contribution in [2.45, 2.75) is 19.3 Å². The fourth-order valence-electron chi connectivity index (χ4n) is 2.29. The maximum Gasteiger partial charge on any atom is 0.200 e. The SMILES string of the molecule is C=C(CCCl)Nc1cccc([N+](O)(S)N2CCCC2)c1. The maximum atomic E-state index is 10.6. The monoisotopic (exact) mass is 314 g/mol. The molecule has 2 N–H and O–H groups in total. The molecule has 1 aromatic carbocycles. The van der Waals surface area contributed by atoms with E-state index in [1.54, 1.807) is 0 Å². The summed E-state index contributed by atoms with van der Waals surface area (Å²) in [6.45, 7) is 5.60. The highest BCUT2D eigenvalue weighted by Crippen LogP contribution is 2.31. The minimum Gasteiger partial charge on any atom is -0.359 e. The zero-order valence-corrected chi connectivity index (χ0v) is 13.1. The van der Waals surface area contributed by atoms with Gasteiger partial charge in [0, 0.05) is 35.8 Å². The number of anilines is 1. The molecule has 2 rings (SSSR count). The first-order valence-electron chi connectivity index (χ1n) is 6.75. The van der Waals surface area contributed by atoms with Crippen molar-refractivity contribution < 1.29 is 5.21 Å². The van der Waals surface area contributed by atoms with Crippen molar-refractivity contribution in [1.82, 2.24) is 9.17 Å². The lowest BCUT2D eigenvalue weighted by Crippen LogP contribution is -2.50. The van der Waals surface area contributed by atoms with Crippen molar-refractivity contribution in [2.75, 3.05) is 24.3 Å². The molecular formula is C14H21ClN3OS+. The molecule has 20 heavy (non-hydrogen) atoms. The number of thiol groups is 1. The predicted molar refractivity (Wildman–Crippen MR) is 87.9 cm³/mol. The Morgan fingerprint density at radius 1 is 1.45 bits per heavy atom. The molecule has 0 amide bonds. The second kappa shape index (κ2) is 6.83. The summed E-state index contributed by atoms with van der Waals surface area (Å²) in [7, 11) is 0. The minimum atomic E-state index is -0.502. The van der Waals surface area contributed by atoms with Crippen molar-refractivity contribution in [3.8, 4) is 0 Å². The number of hydrogen-bond donors (Lipinski definition) is 3. The van der Waals surface area contributed by atoms with Gasteiger partial charge in [0.2, 0.25) is 0 Å². The molecule has 1 unspecified atom stereocenters. The number of hydrogen-bond acceptors (Lipinski definition) is 4. The molecule has 4 nitrogen and oxygen atoms in total. The van der Waals surface area contributed by atoms with Crippen LogP contribution >= 0.6 is 24.4 Å². The van der Waals surface area contributed by atoms with Crippen LogP contribution in [0.2, 0.25) is 0 Å². The standard InChI is InChI=1S/C14H21ClN3OS/c1-12(7-8-15)16-13-5-4-6-14(11-13)18(19,20)17-9-2-3-10-17/h4-6,11,16,19-20H,1-3,7-10H2/q+1. The van der Waals surface area contributed by atoms with Gasteiger partial charge in [-0.1, -0.05) is 12.6 Å². The fourth-order valence-corrected chi connectivity index (χ4v) is 2.82. The molecule has 0 spiro atoms. The molecule has 0 aromatic heterocycles. The molecule has 1 heterocycles. The van der Waals surface area contributed by atoms with Crippen LogP contribution in [0.4, 0.5) is 11.4 Å². The molecule has 0 aliphatic carbocycles. The first-order chi connectivity index (χ1) is 9.54. The Kier molecular flexibility index (Phi) is 5.35. The first kappa shape index (κ1) is 15.7. The summed E-state index contributed by atoms with van der Waals surface area (Å²) in [5, 5.41) is 15.7. The lowest BCUT2D eigenvalue weighted by atomic mass is 10.2. The molecule has 0 saturated carbocycles. The Hall–Kier alpha value is -0.720. The maximum absolute atomic E-state index is 10.6. The number of nitrogens with zero attached hydrogens (tertiary/aromatic N) is 2. The van der Waals surface area contributed by atoms with Gasteiger partial charge in [-0.25, -0.2) is 0 Å². The Labute approximate surface area is 130 Å². The highest BCUT2D eigenvalue weighted by molar-refractivity contribution is 7.79. The molecule has 1 fully saturated rings. The smallest absolute Gasteiger partial charge is 0.200 e. The third-order valence-electron chi connectivity index (χ3n) is 3.39. The zero-order chi connectivity index (χ0) is 14.6. The average molecular weight is 315 g/mol. The number of quaternary nitrogens is 1. The van der Waals surface area contributed by atoms with Gasteiger partial charge in [0.15, 0.2) is 5.69 Å². The number of halogens is 1. The van der Waals surface area contributed by atoms with Gasteiger partial charge in [-0.15, -0.1) is 16.6 Å². The summed E-state index contributed by atoms with van der Waals surface area (Å²) in [5.74, 6) is 0.534. The van der Waals surface area contributed by atoms with Crippen LogP contribution in [0.1, 0.15) is 19.3 Å². The van der Waals surface area contributed by atoms with E-state index in [2.05, 4.69) is 24.7 Å². The van der Waals surface area contributed by atoms with Gasteiger partial charge in [-0.3, -0.25) is 0 Å². The van der Waals surface area contributed by atoms with Gasteiger partial charge in [0.1, 0.15) is 12.8 Å². The summed E-state index contributed by atoms with van der Waals surface area (Å²) in [5.41, 5.74) is 2.44. The third-order valence-corrected chi connectivity index (χ3v) is 4.06. The van der Waals surface area contributed by atoms with Crippen LogP contribution in [0.25, 0.3) is 0 Å². The minimum absolute atomic E-state index is 0.502. The van der Waals surface area contributed by atoms with E-state index in [0.717, 1.165) is 37.3 Å². The molecule has 110 valence electrons. The quantitative estimate of drug-likeness (QED) is 0.323. The van der Waals surface area contributed by atoms with Crippen molar-refractivity contribution in [3.63, 3.8) is 0 Å². The fraction of sp³-hybridized carbons (Fsp3) is 0.429. The third kappa shape index (κ3) is 3.68. The van der Waals surface area contributed by atoms with Gasteiger partial charge in [-0.05, 0) is 23.1 Å². The zero-order valence-electron chi connectivity index (χ0n) is 11.4. The highest BCUT2D eigenvalue weighted by atomic mass is 35.5. The second-order valence-electron chi connectivity index (χ2n) is 4.95. The predicted octanol–water partition coefficient (Wildman–Crippen LogP) is 3.79. The summed E-state index contributed by atoms with van der Waals surface area (Å²) >= 11 is 10.1. The van der Waals surface area contributed by atoms with Crippen molar-refractivity contribution >= 4 is 35.8 Å². The molecule has 1 aliphatic rings. The van der Waals surface area contributed by atoms with Gasteiger partial charge < -0.3 is 5.32 Å². The first-order valence-corrected chi connectivity index (χ1v) is 7.69. The van der Waals surface area contributed by atoms with Crippen LogP contribution in [0.15, 0.2) is 36.5 Å². The number of allylic oxidation sites excluding steroid dienone is 1. The van der Waals surface area contributed by atoms with Gasteiger partial charge >= 0.3 is 0 Å². The van der Waals surface area contributed by atoms with Crippen LogP contribution < -0.4 is 9.48 Å². The van der Waals surface area contributed by atoms with Crippen LogP contribution in [0, 0.1) is 0 Å². The second-order valence-corrected chi connectivity index (χ2v) is 5.88. The summed E-state index contributed by atoms with van der Waals surface area (Å²) in [6.07, 6.45) is 2.88. The van der Waals surface area contributed by atoms with Crippen molar-refractivity contribution in [3.05, 3.63) is 36.5 Å². The molecule has 0 bridgehead atoms. The van der Waals surface area contributed by atoms with E-state index in [4.69, 9.17) is 11.6 Å². The average Bonchev–Trinajstić information content (AvgIpc) is 2.94. The molecular weight excluding hydrogens is 294 g/mol. The topological polar surface area (TPSA) is 35.5 Å². The Morgan fingerprint density at radius 3 is 2.80 bits per heavy atom. The molecule has 1 aromatic rings. The Balaban J connectivity index is 2.14. The van der Waals surface area contributed by atoms with Crippen LogP contribution in [-0.4, -0.2) is 29.2 Å². The van der Waals surface area contributed by atoms with Crippen LogP contribution in [-0.2, 0) is 0 Å². The number of benzene rings is 1. The van der Waals surface area contributed by atoms with E-state index in [9.17, 15) is 5.21 Å². The molecule has 1 atom stereocenters. The van der Waals surface area contributed by atoms with E-state index in [-0.39, 0.29) is 0 Å². The Morgan fingerprint density at radius 2 is 2.15 bits per heavy atom. The molecule has 1 saturated heterocycles. The number of alkyl halides is 1. The van der Waals surface area contributed by atoms with E-state index >= 15 is 0 Å². The van der Waals surface area contributed by atoms with Crippen molar-refractivity contribution in [1.29, 1.82) is 0 Å². The largest absolute Gasteiger partial charge is 0.359 e. The normalized spacial score (nSPS) is 18.8. The molecule has 1 aliphatic heterocycles. The van der Waals surface area contributed by atoms with Crippen LogP contribution in [0.5, 0.6) is 0 Å². The van der Waals surface area contributed by atoms with Gasteiger partial charge in [0.05, 0.1) is 13.1 Å². The van der Waals surface area contributed by atoms with E-state index in [1.807, 2.05) is 29.3 Å². The number of rotatable bonds is 6.